The number of aryl methyl sites for hydroxylation is 3. The molecular formula is C14H15ClN4O. The number of nitrogens with zero attached hydrogens (tertiary/aromatic N) is 4. The highest BCUT2D eigenvalue weighted by atomic mass is 35.5. The van der Waals surface area contributed by atoms with E-state index < -0.39 is 0 Å². The Hall–Kier alpha value is -1.88. The molecule has 0 aliphatic rings. The van der Waals surface area contributed by atoms with E-state index in [0.29, 0.717) is 18.9 Å². The normalized spacial score (nSPS) is 12.9. The van der Waals surface area contributed by atoms with Crippen molar-refractivity contribution < 1.29 is 4.52 Å². The predicted molar refractivity (Wildman–Crippen MR) is 76.7 cm³/mol. The molecule has 20 heavy (non-hydrogen) atoms. The molecule has 5 nitrogen and oxygen atoms in total. The topological polar surface area (TPSA) is 56.7 Å². The van der Waals surface area contributed by atoms with E-state index in [-0.39, 0.29) is 5.38 Å². The highest BCUT2D eigenvalue weighted by molar-refractivity contribution is 6.20. The molecule has 0 amide bonds. The molecule has 3 aromatic rings. The molecule has 0 radical (unpaired) electrons. The van der Waals surface area contributed by atoms with Crippen molar-refractivity contribution in [2.75, 3.05) is 0 Å². The first-order valence-electron chi connectivity index (χ1n) is 6.52. The van der Waals surface area contributed by atoms with Gasteiger partial charge in [-0.25, -0.2) is 4.98 Å². The van der Waals surface area contributed by atoms with Gasteiger partial charge < -0.3 is 9.09 Å². The highest BCUT2D eigenvalue weighted by Crippen LogP contribution is 2.26. The molecule has 0 N–H and O–H groups in total. The van der Waals surface area contributed by atoms with Crippen LogP contribution in [-0.4, -0.2) is 19.7 Å². The van der Waals surface area contributed by atoms with Crippen LogP contribution in [0.15, 0.2) is 29.0 Å². The summed E-state index contributed by atoms with van der Waals surface area (Å²) < 4.78 is 7.17. The fourth-order valence-corrected chi connectivity index (χ4v) is 2.52. The fraction of sp³-hybridized carbons (Fsp3) is 0.357. The number of rotatable bonds is 4. The number of halogens is 1. The third-order valence-electron chi connectivity index (χ3n) is 3.32. The molecule has 0 aliphatic carbocycles. The number of para-hydroxylation sites is 1. The first-order chi connectivity index (χ1) is 9.66. The van der Waals surface area contributed by atoms with Crippen LogP contribution < -0.4 is 0 Å². The molecule has 2 heterocycles. The Labute approximate surface area is 121 Å². The maximum absolute atomic E-state index is 6.26. The van der Waals surface area contributed by atoms with Crippen LogP contribution in [0.2, 0.25) is 0 Å². The van der Waals surface area contributed by atoms with Crippen LogP contribution in [-0.2, 0) is 13.0 Å². The number of hydrogen-bond donors (Lipinski definition) is 0. The number of alkyl halides is 1. The summed E-state index contributed by atoms with van der Waals surface area (Å²) in [7, 11) is 0. The van der Waals surface area contributed by atoms with Gasteiger partial charge in [0.25, 0.3) is 0 Å². The molecular weight excluding hydrogens is 276 g/mol. The van der Waals surface area contributed by atoms with Gasteiger partial charge in [-0.05, 0) is 25.5 Å². The summed E-state index contributed by atoms with van der Waals surface area (Å²) in [6, 6.07) is 6.15. The van der Waals surface area contributed by atoms with Crippen LogP contribution in [0.4, 0.5) is 0 Å². The third kappa shape index (κ3) is 2.29. The SMILES string of the molecule is Cc1cccc2c1nc(C(C)Cl)n2CCc1ncno1. The molecule has 0 bridgehead atoms. The second-order valence-electron chi connectivity index (χ2n) is 4.77. The number of aromatic nitrogens is 4. The Bertz CT molecular complexity index is 718. The van der Waals surface area contributed by atoms with Crippen LogP contribution >= 0.6 is 11.6 Å². The van der Waals surface area contributed by atoms with Crippen molar-refractivity contribution in [1.82, 2.24) is 19.7 Å². The highest BCUT2D eigenvalue weighted by Gasteiger charge is 2.16. The van der Waals surface area contributed by atoms with Gasteiger partial charge >= 0.3 is 0 Å². The van der Waals surface area contributed by atoms with E-state index in [0.717, 1.165) is 22.4 Å². The average Bonchev–Trinajstić information content (AvgIpc) is 3.03. The van der Waals surface area contributed by atoms with E-state index in [2.05, 4.69) is 38.7 Å². The van der Waals surface area contributed by atoms with Crippen LogP contribution in [0.5, 0.6) is 0 Å². The minimum atomic E-state index is -0.149. The second kappa shape index (κ2) is 5.25. The monoisotopic (exact) mass is 290 g/mol. The van der Waals surface area contributed by atoms with Crippen molar-refractivity contribution in [2.24, 2.45) is 0 Å². The molecule has 1 atom stereocenters. The quantitative estimate of drug-likeness (QED) is 0.692. The third-order valence-corrected chi connectivity index (χ3v) is 3.52. The van der Waals surface area contributed by atoms with Gasteiger partial charge in [-0.3, -0.25) is 0 Å². The van der Waals surface area contributed by atoms with Gasteiger partial charge in [-0.15, -0.1) is 11.6 Å². The van der Waals surface area contributed by atoms with E-state index >= 15 is 0 Å². The summed E-state index contributed by atoms with van der Waals surface area (Å²) in [4.78, 5) is 8.72. The lowest BCUT2D eigenvalue weighted by atomic mass is 10.2. The lowest BCUT2D eigenvalue weighted by Crippen LogP contribution is -2.07. The van der Waals surface area contributed by atoms with E-state index in [1.165, 1.54) is 6.33 Å². The van der Waals surface area contributed by atoms with E-state index in [1.54, 1.807) is 0 Å². The second-order valence-corrected chi connectivity index (χ2v) is 5.42. The smallest absolute Gasteiger partial charge is 0.228 e. The molecule has 0 saturated carbocycles. The van der Waals surface area contributed by atoms with Gasteiger partial charge in [0, 0.05) is 13.0 Å². The van der Waals surface area contributed by atoms with Crippen molar-refractivity contribution in [2.45, 2.75) is 32.2 Å². The number of hydrogen-bond acceptors (Lipinski definition) is 4. The molecule has 1 aromatic carbocycles. The van der Waals surface area contributed by atoms with Crippen LogP contribution in [0.1, 0.15) is 29.6 Å². The summed E-state index contributed by atoms with van der Waals surface area (Å²) in [5.41, 5.74) is 3.24. The Kier molecular flexibility index (Phi) is 3.44. The molecule has 6 heteroatoms. The zero-order valence-corrected chi connectivity index (χ0v) is 12.1. The number of imidazole rings is 1. The van der Waals surface area contributed by atoms with Crippen molar-refractivity contribution >= 4 is 22.6 Å². The lowest BCUT2D eigenvalue weighted by Gasteiger charge is -2.09. The molecule has 1 unspecified atom stereocenters. The standard InChI is InChI=1S/C14H15ClN4O/c1-9-4-3-5-11-13(9)18-14(10(2)15)19(11)7-6-12-16-8-17-20-12/h3-5,8,10H,6-7H2,1-2H3. The van der Waals surface area contributed by atoms with Gasteiger partial charge in [-0.1, -0.05) is 17.3 Å². The molecule has 2 aromatic heterocycles. The number of benzene rings is 1. The summed E-state index contributed by atoms with van der Waals surface area (Å²) in [5.74, 6) is 1.49. The number of fused-ring (bicyclic) bond motifs is 1. The fourth-order valence-electron chi connectivity index (χ4n) is 2.36. The zero-order valence-electron chi connectivity index (χ0n) is 11.4. The van der Waals surface area contributed by atoms with E-state index in [4.69, 9.17) is 16.1 Å². The molecule has 0 saturated heterocycles. The van der Waals surface area contributed by atoms with Gasteiger partial charge in [0.1, 0.15) is 5.82 Å². The summed E-state index contributed by atoms with van der Waals surface area (Å²) in [6.07, 6.45) is 2.08. The Morgan fingerprint density at radius 2 is 2.25 bits per heavy atom. The van der Waals surface area contributed by atoms with Crippen LogP contribution in [0.25, 0.3) is 11.0 Å². The largest absolute Gasteiger partial charge is 0.340 e. The Morgan fingerprint density at radius 1 is 1.40 bits per heavy atom. The minimum Gasteiger partial charge on any atom is -0.340 e. The Morgan fingerprint density at radius 3 is 2.95 bits per heavy atom. The van der Waals surface area contributed by atoms with Crippen LogP contribution in [0.3, 0.4) is 0 Å². The molecule has 0 aliphatic heterocycles. The van der Waals surface area contributed by atoms with Crippen molar-refractivity contribution in [3.05, 3.63) is 41.8 Å². The summed E-state index contributed by atoms with van der Waals surface area (Å²) >= 11 is 6.26. The Balaban J connectivity index is 2.02. The van der Waals surface area contributed by atoms with Gasteiger partial charge in [-0.2, -0.15) is 4.98 Å². The molecule has 0 spiro atoms. The molecule has 104 valence electrons. The summed E-state index contributed by atoms with van der Waals surface area (Å²) in [5, 5.41) is 3.47. The molecule has 3 rings (SSSR count). The summed E-state index contributed by atoms with van der Waals surface area (Å²) in [6.45, 7) is 4.70. The van der Waals surface area contributed by atoms with Crippen LogP contribution in [0, 0.1) is 6.92 Å². The van der Waals surface area contributed by atoms with Crippen molar-refractivity contribution in [3.63, 3.8) is 0 Å². The van der Waals surface area contributed by atoms with Crippen molar-refractivity contribution in [1.29, 1.82) is 0 Å². The lowest BCUT2D eigenvalue weighted by molar-refractivity contribution is 0.371. The van der Waals surface area contributed by atoms with Gasteiger partial charge in [0.05, 0.1) is 16.4 Å². The van der Waals surface area contributed by atoms with E-state index in [1.807, 2.05) is 13.0 Å². The van der Waals surface area contributed by atoms with Gasteiger partial charge in [0.2, 0.25) is 5.89 Å². The maximum Gasteiger partial charge on any atom is 0.228 e. The van der Waals surface area contributed by atoms with Gasteiger partial charge in [0.15, 0.2) is 6.33 Å². The average molecular weight is 291 g/mol. The predicted octanol–water partition coefficient (Wildman–Crippen LogP) is 3.27. The minimum absolute atomic E-state index is 0.149. The van der Waals surface area contributed by atoms with Crippen molar-refractivity contribution in [3.8, 4) is 0 Å². The van der Waals surface area contributed by atoms with E-state index in [9.17, 15) is 0 Å². The zero-order chi connectivity index (χ0) is 14.1. The maximum atomic E-state index is 6.26. The molecule has 0 fully saturated rings. The first kappa shape index (κ1) is 13.1. The first-order valence-corrected chi connectivity index (χ1v) is 6.96.